The smallest absolute Gasteiger partial charge is 0.229 e. The number of benzene rings is 2. The van der Waals surface area contributed by atoms with Gasteiger partial charge in [-0.2, -0.15) is 0 Å². The van der Waals surface area contributed by atoms with Crippen LogP contribution in [-0.4, -0.2) is 37.0 Å². The molecule has 3 rings (SSSR count). The van der Waals surface area contributed by atoms with E-state index >= 15 is 0 Å². The SMILES string of the molecule is CC(C)(C)C(=O)Nc1ccc(N2CCN(Cc3ccccc3F)CC2)cc1. The Morgan fingerprint density at radius 3 is 2.22 bits per heavy atom. The molecule has 0 spiro atoms. The number of piperazine rings is 1. The Balaban J connectivity index is 1.54. The van der Waals surface area contributed by atoms with Gasteiger partial charge in [-0.05, 0) is 30.3 Å². The van der Waals surface area contributed by atoms with Crippen molar-refractivity contribution in [1.82, 2.24) is 4.90 Å². The molecule has 1 heterocycles. The highest BCUT2D eigenvalue weighted by molar-refractivity contribution is 5.94. The molecule has 4 nitrogen and oxygen atoms in total. The Bertz CT molecular complexity index is 775. The monoisotopic (exact) mass is 369 g/mol. The van der Waals surface area contributed by atoms with Gasteiger partial charge < -0.3 is 10.2 Å². The van der Waals surface area contributed by atoms with Gasteiger partial charge in [0.15, 0.2) is 0 Å². The number of hydrogen-bond acceptors (Lipinski definition) is 3. The molecule has 1 saturated heterocycles. The summed E-state index contributed by atoms with van der Waals surface area (Å²) < 4.78 is 13.8. The summed E-state index contributed by atoms with van der Waals surface area (Å²) in [6, 6.07) is 15.0. The summed E-state index contributed by atoms with van der Waals surface area (Å²) >= 11 is 0. The molecule has 0 radical (unpaired) electrons. The second-order valence-corrected chi connectivity index (χ2v) is 8.11. The maximum absolute atomic E-state index is 13.8. The Morgan fingerprint density at radius 1 is 1.00 bits per heavy atom. The molecule has 1 fully saturated rings. The number of carbonyl (C=O) groups excluding carboxylic acids is 1. The summed E-state index contributed by atoms with van der Waals surface area (Å²) in [6.45, 7) is 9.96. The zero-order valence-corrected chi connectivity index (χ0v) is 16.3. The zero-order chi connectivity index (χ0) is 19.4. The number of hydrogen-bond donors (Lipinski definition) is 1. The molecule has 0 bridgehead atoms. The van der Waals surface area contributed by atoms with Crippen molar-refractivity contribution in [2.75, 3.05) is 36.4 Å². The topological polar surface area (TPSA) is 35.6 Å². The molecule has 1 aliphatic heterocycles. The van der Waals surface area contributed by atoms with E-state index in [1.165, 1.54) is 6.07 Å². The number of nitrogens with one attached hydrogen (secondary N) is 1. The quantitative estimate of drug-likeness (QED) is 0.880. The summed E-state index contributed by atoms with van der Waals surface area (Å²) in [4.78, 5) is 16.7. The van der Waals surface area contributed by atoms with E-state index in [4.69, 9.17) is 0 Å². The first kappa shape index (κ1) is 19.4. The van der Waals surface area contributed by atoms with E-state index in [0.29, 0.717) is 6.54 Å². The minimum atomic E-state index is -0.409. The molecule has 1 amide bonds. The van der Waals surface area contributed by atoms with Gasteiger partial charge in [0, 0.05) is 55.1 Å². The molecule has 0 unspecified atom stereocenters. The van der Waals surface area contributed by atoms with Gasteiger partial charge in [-0.25, -0.2) is 4.39 Å². The molecule has 0 saturated carbocycles. The minimum Gasteiger partial charge on any atom is -0.369 e. The first-order valence-electron chi connectivity index (χ1n) is 9.45. The molecule has 0 aliphatic carbocycles. The predicted octanol–water partition coefficient (Wildman–Crippen LogP) is 4.13. The molecular weight excluding hydrogens is 341 g/mol. The standard InChI is InChI=1S/C22H28FN3O/c1-22(2,3)21(27)24-18-8-10-19(11-9-18)26-14-12-25(13-15-26)16-17-6-4-5-7-20(17)23/h4-11H,12-16H2,1-3H3,(H,24,27). The van der Waals surface area contributed by atoms with Crippen LogP contribution in [0.3, 0.4) is 0 Å². The molecule has 5 heteroatoms. The fourth-order valence-electron chi connectivity index (χ4n) is 3.11. The summed E-state index contributed by atoms with van der Waals surface area (Å²) in [5, 5.41) is 2.95. The van der Waals surface area contributed by atoms with Gasteiger partial charge in [0.2, 0.25) is 5.91 Å². The normalized spacial score (nSPS) is 15.6. The largest absolute Gasteiger partial charge is 0.369 e. The average Bonchev–Trinajstić information content (AvgIpc) is 2.64. The molecule has 1 aliphatic rings. The van der Waals surface area contributed by atoms with Crippen molar-refractivity contribution in [3.05, 3.63) is 59.9 Å². The lowest BCUT2D eigenvalue weighted by molar-refractivity contribution is -0.123. The lowest BCUT2D eigenvalue weighted by Crippen LogP contribution is -2.46. The second kappa shape index (κ2) is 8.09. The summed E-state index contributed by atoms with van der Waals surface area (Å²) in [5.41, 5.74) is 2.31. The highest BCUT2D eigenvalue weighted by atomic mass is 19.1. The Morgan fingerprint density at radius 2 is 1.63 bits per heavy atom. The van der Waals surface area contributed by atoms with Crippen LogP contribution in [0.2, 0.25) is 0 Å². The van der Waals surface area contributed by atoms with Gasteiger partial charge in [0.05, 0.1) is 0 Å². The Kier molecular flexibility index (Phi) is 5.80. The molecular formula is C22H28FN3O. The van der Waals surface area contributed by atoms with Crippen molar-refractivity contribution in [3.63, 3.8) is 0 Å². The maximum atomic E-state index is 13.8. The third-order valence-electron chi connectivity index (χ3n) is 4.90. The van der Waals surface area contributed by atoms with Crippen LogP contribution in [0.25, 0.3) is 0 Å². The highest BCUT2D eigenvalue weighted by Crippen LogP contribution is 2.22. The van der Waals surface area contributed by atoms with Crippen molar-refractivity contribution in [2.45, 2.75) is 27.3 Å². The first-order chi connectivity index (χ1) is 12.8. The van der Waals surface area contributed by atoms with Crippen LogP contribution in [-0.2, 0) is 11.3 Å². The third-order valence-corrected chi connectivity index (χ3v) is 4.90. The molecule has 144 valence electrons. The van der Waals surface area contributed by atoms with Crippen molar-refractivity contribution >= 4 is 17.3 Å². The predicted molar refractivity (Wildman–Crippen MR) is 108 cm³/mol. The van der Waals surface area contributed by atoms with Crippen LogP contribution in [0, 0.1) is 11.2 Å². The zero-order valence-electron chi connectivity index (χ0n) is 16.3. The molecule has 0 atom stereocenters. The van der Waals surface area contributed by atoms with Crippen molar-refractivity contribution in [1.29, 1.82) is 0 Å². The van der Waals surface area contributed by atoms with E-state index in [9.17, 15) is 9.18 Å². The van der Waals surface area contributed by atoms with Crippen molar-refractivity contribution in [2.24, 2.45) is 5.41 Å². The van der Waals surface area contributed by atoms with E-state index in [1.807, 2.05) is 57.2 Å². The van der Waals surface area contributed by atoms with E-state index in [-0.39, 0.29) is 11.7 Å². The molecule has 2 aromatic rings. The lowest BCUT2D eigenvalue weighted by atomic mass is 9.95. The van der Waals surface area contributed by atoms with Crippen LogP contribution in [0.5, 0.6) is 0 Å². The Labute approximate surface area is 161 Å². The summed E-state index contributed by atoms with van der Waals surface area (Å²) in [6.07, 6.45) is 0. The van der Waals surface area contributed by atoms with Crippen LogP contribution in [0.15, 0.2) is 48.5 Å². The van der Waals surface area contributed by atoms with E-state index in [1.54, 1.807) is 6.07 Å². The van der Waals surface area contributed by atoms with Crippen LogP contribution >= 0.6 is 0 Å². The lowest BCUT2D eigenvalue weighted by Gasteiger charge is -2.36. The number of carbonyl (C=O) groups is 1. The summed E-state index contributed by atoms with van der Waals surface area (Å²) in [5.74, 6) is -0.121. The third kappa shape index (κ3) is 5.07. The number of halogens is 1. The number of rotatable bonds is 4. The van der Waals surface area contributed by atoms with E-state index in [2.05, 4.69) is 15.1 Å². The highest BCUT2D eigenvalue weighted by Gasteiger charge is 2.21. The van der Waals surface area contributed by atoms with E-state index in [0.717, 1.165) is 43.1 Å². The molecule has 27 heavy (non-hydrogen) atoms. The van der Waals surface area contributed by atoms with Crippen LogP contribution in [0.4, 0.5) is 15.8 Å². The van der Waals surface area contributed by atoms with Gasteiger partial charge in [0.25, 0.3) is 0 Å². The van der Waals surface area contributed by atoms with Crippen molar-refractivity contribution in [3.8, 4) is 0 Å². The van der Waals surface area contributed by atoms with Gasteiger partial charge >= 0.3 is 0 Å². The first-order valence-corrected chi connectivity index (χ1v) is 9.45. The average molecular weight is 369 g/mol. The Hall–Kier alpha value is -2.40. The fraction of sp³-hybridized carbons (Fsp3) is 0.409. The maximum Gasteiger partial charge on any atom is 0.229 e. The number of anilines is 2. The fourth-order valence-corrected chi connectivity index (χ4v) is 3.11. The van der Waals surface area contributed by atoms with E-state index < -0.39 is 5.41 Å². The molecule has 1 N–H and O–H groups in total. The van der Waals surface area contributed by atoms with Gasteiger partial charge in [0.1, 0.15) is 5.82 Å². The molecule has 0 aromatic heterocycles. The van der Waals surface area contributed by atoms with Gasteiger partial charge in [-0.3, -0.25) is 9.69 Å². The molecule has 2 aromatic carbocycles. The number of nitrogens with zero attached hydrogens (tertiary/aromatic N) is 2. The second-order valence-electron chi connectivity index (χ2n) is 8.11. The van der Waals surface area contributed by atoms with Crippen LogP contribution < -0.4 is 10.2 Å². The van der Waals surface area contributed by atoms with Crippen molar-refractivity contribution < 1.29 is 9.18 Å². The van der Waals surface area contributed by atoms with Crippen LogP contribution in [0.1, 0.15) is 26.3 Å². The van der Waals surface area contributed by atoms with Gasteiger partial charge in [-0.15, -0.1) is 0 Å². The minimum absolute atomic E-state index is 0.0111. The number of amides is 1. The van der Waals surface area contributed by atoms with Gasteiger partial charge in [-0.1, -0.05) is 39.0 Å². The summed E-state index contributed by atoms with van der Waals surface area (Å²) in [7, 11) is 0.